The highest BCUT2D eigenvalue weighted by Crippen LogP contribution is 2.16. The maximum atomic E-state index is 12.7. The zero-order chi connectivity index (χ0) is 17.5. The molecule has 0 spiro atoms. The zero-order valence-electron chi connectivity index (χ0n) is 14.0. The molecule has 1 N–H and O–H groups in total. The van der Waals surface area contributed by atoms with Crippen LogP contribution >= 0.6 is 11.3 Å². The van der Waals surface area contributed by atoms with E-state index < -0.39 is 0 Å². The summed E-state index contributed by atoms with van der Waals surface area (Å²) in [4.78, 5) is 31.6. The first kappa shape index (κ1) is 18.1. The van der Waals surface area contributed by atoms with Gasteiger partial charge in [-0.1, -0.05) is 18.2 Å². The third-order valence-corrected chi connectivity index (χ3v) is 4.26. The second-order valence-corrected chi connectivity index (χ2v) is 6.59. The molecule has 0 aliphatic carbocycles. The number of aryl methyl sites for hydroxylation is 2. The molecule has 6 nitrogen and oxygen atoms in total. The number of anilines is 1. The van der Waals surface area contributed by atoms with Crippen molar-refractivity contribution in [3.8, 4) is 0 Å². The van der Waals surface area contributed by atoms with E-state index >= 15 is 0 Å². The lowest BCUT2D eigenvalue weighted by atomic mass is 10.1. The Morgan fingerprint density at radius 3 is 2.67 bits per heavy atom. The number of aromatic nitrogens is 1. The third-order valence-electron chi connectivity index (χ3n) is 3.43. The van der Waals surface area contributed by atoms with Crippen molar-refractivity contribution in [1.82, 2.24) is 9.88 Å². The van der Waals surface area contributed by atoms with Crippen LogP contribution in [-0.2, 0) is 9.53 Å². The van der Waals surface area contributed by atoms with Crippen molar-refractivity contribution in [2.75, 3.05) is 32.1 Å². The highest BCUT2D eigenvalue weighted by molar-refractivity contribution is 7.15. The first-order chi connectivity index (χ1) is 11.5. The summed E-state index contributed by atoms with van der Waals surface area (Å²) in [6, 6.07) is 7.33. The van der Waals surface area contributed by atoms with E-state index in [0.717, 1.165) is 10.4 Å². The molecule has 1 aromatic carbocycles. The van der Waals surface area contributed by atoms with Crippen LogP contribution in [0, 0.1) is 13.8 Å². The number of amides is 2. The molecule has 0 aliphatic heterocycles. The first-order valence-electron chi connectivity index (χ1n) is 7.57. The highest BCUT2D eigenvalue weighted by atomic mass is 32.1. The molecule has 2 rings (SSSR count). The fourth-order valence-electron chi connectivity index (χ4n) is 2.18. The number of ether oxygens (including phenoxy) is 1. The van der Waals surface area contributed by atoms with Crippen molar-refractivity contribution in [2.45, 2.75) is 13.8 Å². The predicted octanol–water partition coefficient (Wildman–Crippen LogP) is 2.49. The van der Waals surface area contributed by atoms with Gasteiger partial charge in [-0.2, -0.15) is 0 Å². The van der Waals surface area contributed by atoms with E-state index in [9.17, 15) is 9.59 Å². The molecular formula is C17H21N3O3S. The van der Waals surface area contributed by atoms with E-state index in [1.165, 1.54) is 16.2 Å². The SMILES string of the molecule is COCCN(CC(=O)Nc1ncc(C)s1)C(=O)c1ccccc1C. The Morgan fingerprint density at radius 2 is 2.04 bits per heavy atom. The number of hydrogen-bond donors (Lipinski definition) is 1. The van der Waals surface area contributed by atoms with E-state index in [0.29, 0.717) is 23.8 Å². The Balaban J connectivity index is 2.08. The van der Waals surface area contributed by atoms with Crippen LogP contribution in [0.4, 0.5) is 5.13 Å². The number of carbonyl (C=O) groups excluding carboxylic acids is 2. The molecule has 2 amide bonds. The second kappa shape index (κ2) is 8.56. The van der Waals surface area contributed by atoms with Gasteiger partial charge in [0.05, 0.1) is 6.61 Å². The molecule has 0 bridgehead atoms. The Labute approximate surface area is 145 Å². The largest absolute Gasteiger partial charge is 0.383 e. The second-order valence-electron chi connectivity index (χ2n) is 5.36. The smallest absolute Gasteiger partial charge is 0.254 e. The molecule has 0 radical (unpaired) electrons. The molecular weight excluding hydrogens is 326 g/mol. The molecule has 0 aliphatic rings. The molecule has 2 aromatic rings. The zero-order valence-corrected chi connectivity index (χ0v) is 14.9. The third kappa shape index (κ3) is 4.87. The molecule has 7 heteroatoms. The van der Waals surface area contributed by atoms with E-state index in [2.05, 4.69) is 10.3 Å². The van der Waals surface area contributed by atoms with Gasteiger partial charge >= 0.3 is 0 Å². The molecule has 0 saturated carbocycles. The van der Waals surface area contributed by atoms with Crippen LogP contribution in [0.15, 0.2) is 30.5 Å². The van der Waals surface area contributed by atoms with Gasteiger partial charge in [0.2, 0.25) is 5.91 Å². The minimum absolute atomic E-state index is 0.0465. The summed E-state index contributed by atoms with van der Waals surface area (Å²) in [5, 5.41) is 3.26. The molecule has 1 heterocycles. The van der Waals surface area contributed by atoms with Crippen molar-refractivity contribution in [3.63, 3.8) is 0 Å². The fraction of sp³-hybridized carbons (Fsp3) is 0.353. The van der Waals surface area contributed by atoms with Crippen LogP contribution < -0.4 is 5.32 Å². The molecule has 0 fully saturated rings. The summed E-state index contributed by atoms with van der Waals surface area (Å²) in [5.74, 6) is -0.460. The van der Waals surface area contributed by atoms with Crippen LogP contribution in [0.25, 0.3) is 0 Å². The van der Waals surface area contributed by atoms with Gasteiger partial charge in [-0.15, -0.1) is 11.3 Å². The van der Waals surface area contributed by atoms with Crippen molar-refractivity contribution in [2.24, 2.45) is 0 Å². The standard InChI is InChI=1S/C17H21N3O3S/c1-12-6-4-5-7-14(12)16(22)20(8-9-23-3)11-15(21)19-17-18-10-13(2)24-17/h4-7,10H,8-9,11H2,1-3H3,(H,18,19,21). The Kier molecular flexibility index (Phi) is 6.45. The predicted molar refractivity (Wildman–Crippen MR) is 94.4 cm³/mol. The quantitative estimate of drug-likeness (QED) is 0.835. The van der Waals surface area contributed by atoms with Crippen molar-refractivity contribution < 1.29 is 14.3 Å². The Bertz CT molecular complexity index is 715. The maximum absolute atomic E-state index is 12.7. The van der Waals surface area contributed by atoms with Crippen LogP contribution in [0.2, 0.25) is 0 Å². The van der Waals surface area contributed by atoms with Gasteiger partial charge in [-0.05, 0) is 25.5 Å². The van der Waals surface area contributed by atoms with Gasteiger partial charge < -0.3 is 15.0 Å². The maximum Gasteiger partial charge on any atom is 0.254 e. The monoisotopic (exact) mass is 347 g/mol. The highest BCUT2D eigenvalue weighted by Gasteiger charge is 2.20. The number of carbonyl (C=O) groups is 2. The van der Waals surface area contributed by atoms with Crippen LogP contribution in [0.3, 0.4) is 0 Å². The molecule has 24 heavy (non-hydrogen) atoms. The van der Waals surface area contributed by atoms with E-state index in [1.54, 1.807) is 19.4 Å². The average Bonchev–Trinajstić information content (AvgIpc) is 2.96. The lowest BCUT2D eigenvalue weighted by Crippen LogP contribution is -2.40. The van der Waals surface area contributed by atoms with Gasteiger partial charge in [-0.3, -0.25) is 9.59 Å². The summed E-state index contributed by atoms with van der Waals surface area (Å²) in [7, 11) is 1.56. The minimum atomic E-state index is -0.276. The van der Waals surface area contributed by atoms with Crippen molar-refractivity contribution in [3.05, 3.63) is 46.5 Å². The van der Waals surface area contributed by atoms with Gasteiger partial charge in [-0.25, -0.2) is 4.98 Å². The topological polar surface area (TPSA) is 71.5 Å². The summed E-state index contributed by atoms with van der Waals surface area (Å²) in [6.07, 6.45) is 1.70. The number of nitrogens with zero attached hydrogens (tertiary/aromatic N) is 2. The normalized spacial score (nSPS) is 10.5. The van der Waals surface area contributed by atoms with E-state index in [4.69, 9.17) is 4.74 Å². The number of nitrogens with one attached hydrogen (secondary N) is 1. The molecule has 0 atom stereocenters. The van der Waals surface area contributed by atoms with Crippen LogP contribution in [0.1, 0.15) is 20.8 Å². The van der Waals surface area contributed by atoms with E-state index in [-0.39, 0.29) is 18.4 Å². The summed E-state index contributed by atoms with van der Waals surface area (Å²) in [5.41, 5.74) is 1.47. The van der Waals surface area contributed by atoms with Gasteiger partial charge in [0.25, 0.3) is 5.91 Å². The average molecular weight is 347 g/mol. The van der Waals surface area contributed by atoms with Crippen LogP contribution in [-0.4, -0.2) is 48.5 Å². The van der Waals surface area contributed by atoms with Gasteiger partial charge in [0.15, 0.2) is 5.13 Å². The van der Waals surface area contributed by atoms with Crippen molar-refractivity contribution in [1.29, 1.82) is 0 Å². The summed E-state index contributed by atoms with van der Waals surface area (Å²) in [6.45, 7) is 4.45. The number of methoxy groups -OCH3 is 1. The van der Waals surface area contributed by atoms with Gasteiger partial charge in [0, 0.05) is 30.3 Å². The number of thiazole rings is 1. The Hall–Kier alpha value is -2.25. The molecule has 1 aromatic heterocycles. The number of rotatable bonds is 7. The number of benzene rings is 1. The summed E-state index contributed by atoms with van der Waals surface area (Å²) >= 11 is 1.40. The van der Waals surface area contributed by atoms with E-state index in [1.807, 2.05) is 32.0 Å². The van der Waals surface area contributed by atoms with Crippen molar-refractivity contribution >= 4 is 28.3 Å². The lowest BCUT2D eigenvalue weighted by Gasteiger charge is -2.22. The molecule has 128 valence electrons. The molecule has 0 saturated heterocycles. The van der Waals surface area contributed by atoms with Gasteiger partial charge in [0.1, 0.15) is 6.54 Å². The fourth-order valence-corrected chi connectivity index (χ4v) is 2.86. The van der Waals surface area contributed by atoms with Crippen LogP contribution in [0.5, 0.6) is 0 Å². The minimum Gasteiger partial charge on any atom is -0.383 e. The number of hydrogen-bond acceptors (Lipinski definition) is 5. The molecule has 0 unspecified atom stereocenters. The summed E-state index contributed by atoms with van der Waals surface area (Å²) < 4.78 is 5.06. The Morgan fingerprint density at radius 1 is 1.29 bits per heavy atom. The lowest BCUT2D eigenvalue weighted by molar-refractivity contribution is -0.117. The first-order valence-corrected chi connectivity index (χ1v) is 8.39.